The van der Waals surface area contributed by atoms with Crippen LogP contribution in [0.2, 0.25) is 0 Å². The highest BCUT2D eigenvalue weighted by Gasteiger charge is 2.20. The molecule has 0 radical (unpaired) electrons. The van der Waals surface area contributed by atoms with Crippen molar-refractivity contribution in [3.63, 3.8) is 0 Å². The second kappa shape index (κ2) is 7.27. The number of hydrogen-bond donors (Lipinski definition) is 1. The minimum absolute atomic E-state index is 0.423. The number of benzene rings is 1. The van der Waals surface area contributed by atoms with Crippen LogP contribution >= 0.6 is 15.9 Å². The van der Waals surface area contributed by atoms with Gasteiger partial charge in [-0.15, -0.1) is 0 Å². The highest BCUT2D eigenvalue weighted by molar-refractivity contribution is 9.10. The molecule has 2 rings (SSSR count). The van der Waals surface area contributed by atoms with E-state index in [9.17, 15) is 0 Å². The maximum Gasteiger partial charge on any atom is 0.0591 e. The Kier molecular flexibility index (Phi) is 5.67. The number of halogens is 1. The molecular formula is C15H22BrNO. The molecule has 1 aliphatic carbocycles. The predicted octanol–water partition coefficient (Wildman–Crippen LogP) is 3.92. The maximum absolute atomic E-state index is 5.64. The SMILES string of the molecule is CCC(NCCOCC1CC1)c1cccc(Br)c1. The Morgan fingerprint density at radius 2 is 2.28 bits per heavy atom. The van der Waals surface area contributed by atoms with Crippen molar-refractivity contribution in [2.45, 2.75) is 32.2 Å². The van der Waals surface area contributed by atoms with Crippen molar-refractivity contribution in [3.05, 3.63) is 34.3 Å². The molecule has 1 fully saturated rings. The normalized spacial score (nSPS) is 16.8. The van der Waals surface area contributed by atoms with E-state index in [1.165, 1.54) is 18.4 Å². The molecule has 0 bridgehead atoms. The van der Waals surface area contributed by atoms with Gasteiger partial charge in [0.05, 0.1) is 6.61 Å². The zero-order chi connectivity index (χ0) is 12.8. The van der Waals surface area contributed by atoms with Crippen LogP contribution in [0.1, 0.15) is 37.8 Å². The van der Waals surface area contributed by atoms with Crippen molar-refractivity contribution < 1.29 is 4.74 Å². The van der Waals surface area contributed by atoms with Crippen LogP contribution in [0.4, 0.5) is 0 Å². The summed E-state index contributed by atoms with van der Waals surface area (Å²) in [6.45, 7) is 4.91. The molecule has 1 N–H and O–H groups in total. The molecule has 0 heterocycles. The summed E-state index contributed by atoms with van der Waals surface area (Å²) in [4.78, 5) is 0. The lowest BCUT2D eigenvalue weighted by Gasteiger charge is -2.17. The average Bonchev–Trinajstić information content (AvgIpc) is 3.18. The third-order valence-electron chi connectivity index (χ3n) is 3.35. The average molecular weight is 312 g/mol. The highest BCUT2D eigenvalue weighted by atomic mass is 79.9. The largest absolute Gasteiger partial charge is 0.380 e. The van der Waals surface area contributed by atoms with E-state index in [0.717, 1.165) is 36.6 Å². The molecule has 1 atom stereocenters. The minimum atomic E-state index is 0.423. The summed E-state index contributed by atoms with van der Waals surface area (Å²) in [6.07, 6.45) is 3.82. The van der Waals surface area contributed by atoms with Gasteiger partial charge in [0, 0.05) is 23.7 Å². The van der Waals surface area contributed by atoms with Gasteiger partial charge in [-0.3, -0.25) is 0 Å². The molecule has 100 valence electrons. The second-order valence-corrected chi connectivity index (χ2v) is 5.90. The van der Waals surface area contributed by atoms with E-state index in [1.807, 2.05) is 0 Å². The van der Waals surface area contributed by atoms with Crippen molar-refractivity contribution >= 4 is 15.9 Å². The van der Waals surface area contributed by atoms with E-state index in [2.05, 4.69) is 52.4 Å². The summed E-state index contributed by atoms with van der Waals surface area (Å²) >= 11 is 3.52. The second-order valence-electron chi connectivity index (χ2n) is 4.99. The van der Waals surface area contributed by atoms with Crippen LogP contribution < -0.4 is 5.32 Å². The number of ether oxygens (including phenoxy) is 1. The molecule has 0 saturated heterocycles. The van der Waals surface area contributed by atoms with Gasteiger partial charge >= 0.3 is 0 Å². The van der Waals surface area contributed by atoms with Crippen molar-refractivity contribution in [3.8, 4) is 0 Å². The topological polar surface area (TPSA) is 21.3 Å². The molecule has 0 aromatic heterocycles. The van der Waals surface area contributed by atoms with Crippen LogP contribution in [0.25, 0.3) is 0 Å². The van der Waals surface area contributed by atoms with E-state index >= 15 is 0 Å². The zero-order valence-corrected chi connectivity index (χ0v) is 12.6. The molecule has 0 spiro atoms. The molecular weight excluding hydrogens is 290 g/mol. The Bertz CT molecular complexity index is 365. The van der Waals surface area contributed by atoms with Crippen molar-refractivity contribution in [2.75, 3.05) is 19.8 Å². The van der Waals surface area contributed by atoms with Gasteiger partial charge in [-0.2, -0.15) is 0 Å². The van der Waals surface area contributed by atoms with E-state index in [4.69, 9.17) is 4.74 Å². The van der Waals surface area contributed by atoms with Gasteiger partial charge in [0.2, 0.25) is 0 Å². The first-order valence-electron chi connectivity index (χ1n) is 6.86. The van der Waals surface area contributed by atoms with Gasteiger partial charge in [-0.25, -0.2) is 0 Å². The monoisotopic (exact) mass is 311 g/mol. The van der Waals surface area contributed by atoms with E-state index in [1.54, 1.807) is 0 Å². The van der Waals surface area contributed by atoms with Crippen molar-refractivity contribution in [1.82, 2.24) is 5.32 Å². The summed E-state index contributed by atoms with van der Waals surface area (Å²) in [7, 11) is 0. The van der Waals surface area contributed by atoms with Crippen LogP contribution in [0.5, 0.6) is 0 Å². The summed E-state index contributed by atoms with van der Waals surface area (Å²) < 4.78 is 6.78. The Morgan fingerprint density at radius 1 is 1.44 bits per heavy atom. The number of rotatable bonds is 8. The standard InChI is InChI=1S/C15H22BrNO/c1-2-15(13-4-3-5-14(16)10-13)17-8-9-18-11-12-6-7-12/h3-5,10,12,15,17H,2,6-9,11H2,1H3. The number of nitrogens with one attached hydrogen (secondary N) is 1. The van der Waals surface area contributed by atoms with E-state index in [0.29, 0.717) is 6.04 Å². The maximum atomic E-state index is 5.64. The van der Waals surface area contributed by atoms with Gasteiger partial charge in [0.1, 0.15) is 0 Å². The Morgan fingerprint density at radius 3 is 2.94 bits per heavy atom. The lowest BCUT2D eigenvalue weighted by molar-refractivity contribution is 0.124. The molecule has 1 aromatic carbocycles. The first-order valence-corrected chi connectivity index (χ1v) is 7.65. The fraction of sp³-hybridized carbons (Fsp3) is 0.600. The molecule has 3 heteroatoms. The molecule has 1 aliphatic rings. The Balaban J connectivity index is 1.70. The van der Waals surface area contributed by atoms with Crippen LogP contribution in [-0.2, 0) is 4.74 Å². The highest BCUT2D eigenvalue weighted by Crippen LogP contribution is 2.28. The van der Waals surface area contributed by atoms with E-state index in [-0.39, 0.29) is 0 Å². The summed E-state index contributed by atoms with van der Waals surface area (Å²) in [6, 6.07) is 8.94. The molecule has 0 aliphatic heterocycles. The first kappa shape index (κ1) is 14.0. The van der Waals surface area contributed by atoms with Crippen LogP contribution in [0.3, 0.4) is 0 Å². The van der Waals surface area contributed by atoms with Crippen molar-refractivity contribution in [1.29, 1.82) is 0 Å². The Hall–Kier alpha value is -0.380. The third-order valence-corrected chi connectivity index (χ3v) is 3.84. The van der Waals surface area contributed by atoms with Crippen LogP contribution in [0, 0.1) is 5.92 Å². The minimum Gasteiger partial charge on any atom is -0.380 e. The fourth-order valence-electron chi connectivity index (χ4n) is 2.06. The van der Waals surface area contributed by atoms with Gasteiger partial charge < -0.3 is 10.1 Å². The quantitative estimate of drug-likeness (QED) is 0.735. The van der Waals surface area contributed by atoms with Crippen molar-refractivity contribution in [2.24, 2.45) is 5.92 Å². The molecule has 1 aromatic rings. The summed E-state index contributed by atoms with van der Waals surface area (Å²) in [5.74, 6) is 0.858. The van der Waals surface area contributed by atoms with Gasteiger partial charge in [0.15, 0.2) is 0 Å². The molecule has 0 amide bonds. The van der Waals surface area contributed by atoms with Gasteiger partial charge in [0.25, 0.3) is 0 Å². The lowest BCUT2D eigenvalue weighted by atomic mass is 10.0. The smallest absolute Gasteiger partial charge is 0.0591 e. The molecule has 2 nitrogen and oxygen atoms in total. The van der Waals surface area contributed by atoms with Crippen LogP contribution in [-0.4, -0.2) is 19.8 Å². The summed E-state index contributed by atoms with van der Waals surface area (Å²) in [5, 5.41) is 3.56. The molecule has 1 saturated carbocycles. The first-order chi connectivity index (χ1) is 8.79. The third kappa shape index (κ3) is 4.71. The number of hydrogen-bond acceptors (Lipinski definition) is 2. The summed E-state index contributed by atoms with van der Waals surface area (Å²) in [5.41, 5.74) is 1.34. The van der Waals surface area contributed by atoms with Gasteiger partial charge in [-0.05, 0) is 42.9 Å². The fourth-order valence-corrected chi connectivity index (χ4v) is 2.48. The molecule has 1 unspecified atom stereocenters. The molecule has 18 heavy (non-hydrogen) atoms. The van der Waals surface area contributed by atoms with E-state index < -0.39 is 0 Å². The lowest BCUT2D eigenvalue weighted by Crippen LogP contribution is -2.25. The van der Waals surface area contributed by atoms with Crippen LogP contribution in [0.15, 0.2) is 28.7 Å². The predicted molar refractivity (Wildman–Crippen MR) is 78.7 cm³/mol. The van der Waals surface area contributed by atoms with Gasteiger partial charge in [-0.1, -0.05) is 35.0 Å². The Labute approximate surface area is 118 Å². The zero-order valence-electron chi connectivity index (χ0n) is 11.0.